The van der Waals surface area contributed by atoms with Crippen molar-refractivity contribution < 1.29 is 0 Å². The molecule has 3 heteroatoms. The van der Waals surface area contributed by atoms with E-state index in [1.165, 1.54) is 12.1 Å². The van der Waals surface area contributed by atoms with Crippen LogP contribution in [0.3, 0.4) is 0 Å². The first kappa shape index (κ1) is 11.6. The molecule has 1 N–H and O–H groups in total. The summed E-state index contributed by atoms with van der Waals surface area (Å²) in [5.41, 5.74) is 1.18. The van der Waals surface area contributed by atoms with Gasteiger partial charge in [-0.2, -0.15) is 0 Å². The van der Waals surface area contributed by atoms with E-state index in [1.807, 2.05) is 12.3 Å². The Morgan fingerprint density at radius 3 is 3.12 bits per heavy atom. The highest BCUT2D eigenvalue weighted by molar-refractivity contribution is 5.08. The van der Waals surface area contributed by atoms with Crippen LogP contribution < -0.4 is 5.32 Å². The zero-order chi connectivity index (χ0) is 11.4. The molecule has 3 nitrogen and oxygen atoms in total. The second-order valence-corrected chi connectivity index (χ2v) is 4.48. The van der Waals surface area contributed by atoms with E-state index in [0.29, 0.717) is 12.1 Å². The minimum absolute atomic E-state index is 0.428. The van der Waals surface area contributed by atoms with Crippen molar-refractivity contribution >= 4 is 0 Å². The van der Waals surface area contributed by atoms with Crippen molar-refractivity contribution in [1.29, 1.82) is 0 Å². The third kappa shape index (κ3) is 2.60. The first-order valence-electron chi connectivity index (χ1n) is 6.19. The highest BCUT2D eigenvalue weighted by atomic mass is 15.2. The first-order valence-corrected chi connectivity index (χ1v) is 6.19. The monoisotopic (exact) mass is 219 g/mol. The number of pyridine rings is 1. The summed E-state index contributed by atoms with van der Waals surface area (Å²) < 4.78 is 0. The largest absolute Gasteiger partial charge is 0.311 e. The maximum Gasteiger partial charge on any atom is 0.0572 e. The zero-order valence-electron chi connectivity index (χ0n) is 10.2. The van der Waals surface area contributed by atoms with E-state index in [1.54, 1.807) is 0 Å². The van der Waals surface area contributed by atoms with E-state index in [9.17, 15) is 0 Å². The normalized spacial score (nSPS) is 24.2. The fourth-order valence-electron chi connectivity index (χ4n) is 2.29. The Bertz CT molecular complexity index is 312. The van der Waals surface area contributed by atoms with Gasteiger partial charge in [0.15, 0.2) is 0 Å². The molecule has 16 heavy (non-hydrogen) atoms. The van der Waals surface area contributed by atoms with Gasteiger partial charge in [0.1, 0.15) is 0 Å². The average Bonchev–Trinajstić information content (AvgIpc) is 2.39. The van der Waals surface area contributed by atoms with Crippen LogP contribution in [0.15, 0.2) is 24.4 Å². The van der Waals surface area contributed by atoms with Gasteiger partial charge in [-0.25, -0.2) is 0 Å². The Morgan fingerprint density at radius 2 is 2.44 bits per heavy atom. The maximum absolute atomic E-state index is 4.44. The second kappa shape index (κ2) is 5.41. The number of rotatable bonds is 3. The highest BCUT2D eigenvalue weighted by Gasteiger charge is 2.23. The molecule has 88 valence electrons. The van der Waals surface area contributed by atoms with Crippen molar-refractivity contribution in [3.05, 3.63) is 30.1 Å². The third-order valence-corrected chi connectivity index (χ3v) is 3.44. The topological polar surface area (TPSA) is 28.2 Å². The first-order chi connectivity index (χ1) is 7.81. The molecule has 1 aliphatic rings. The zero-order valence-corrected chi connectivity index (χ0v) is 10.2. The number of hydrogen-bond acceptors (Lipinski definition) is 3. The van der Waals surface area contributed by atoms with Crippen molar-refractivity contribution in [2.75, 3.05) is 19.6 Å². The van der Waals surface area contributed by atoms with Crippen LogP contribution in [0.1, 0.15) is 32.0 Å². The number of piperazine rings is 1. The van der Waals surface area contributed by atoms with Crippen LogP contribution >= 0.6 is 0 Å². The van der Waals surface area contributed by atoms with E-state index < -0.39 is 0 Å². The van der Waals surface area contributed by atoms with Gasteiger partial charge in [0.05, 0.1) is 5.69 Å². The summed E-state index contributed by atoms with van der Waals surface area (Å²) in [6.07, 6.45) is 3.08. The van der Waals surface area contributed by atoms with E-state index in [2.05, 4.69) is 41.2 Å². The molecular weight excluding hydrogens is 198 g/mol. The minimum Gasteiger partial charge on any atom is -0.311 e. The van der Waals surface area contributed by atoms with Gasteiger partial charge in [0, 0.05) is 37.9 Å². The van der Waals surface area contributed by atoms with Gasteiger partial charge in [0.2, 0.25) is 0 Å². The molecule has 0 amide bonds. The number of hydrogen-bond donors (Lipinski definition) is 1. The second-order valence-electron chi connectivity index (χ2n) is 4.48. The molecule has 1 aromatic rings. The fraction of sp³-hybridized carbons (Fsp3) is 0.615. The summed E-state index contributed by atoms with van der Waals surface area (Å²) in [6.45, 7) is 7.84. The molecule has 0 aliphatic carbocycles. The molecule has 0 radical (unpaired) electrons. The summed E-state index contributed by atoms with van der Waals surface area (Å²) in [5, 5.41) is 3.54. The van der Waals surface area contributed by atoms with Crippen LogP contribution in [0.4, 0.5) is 0 Å². The lowest BCUT2D eigenvalue weighted by atomic mass is 10.1. The maximum atomic E-state index is 4.44. The molecule has 1 aliphatic heterocycles. The van der Waals surface area contributed by atoms with Crippen LogP contribution in [0, 0.1) is 0 Å². The van der Waals surface area contributed by atoms with Crippen molar-refractivity contribution in [2.24, 2.45) is 0 Å². The molecular formula is C13H21N3. The molecule has 0 spiro atoms. The molecule has 1 saturated heterocycles. The van der Waals surface area contributed by atoms with E-state index >= 15 is 0 Å². The summed E-state index contributed by atoms with van der Waals surface area (Å²) in [5.74, 6) is 0. The van der Waals surface area contributed by atoms with Gasteiger partial charge >= 0.3 is 0 Å². The lowest BCUT2D eigenvalue weighted by Crippen LogP contribution is -2.50. The lowest BCUT2D eigenvalue weighted by molar-refractivity contribution is 0.149. The van der Waals surface area contributed by atoms with Crippen LogP contribution in [-0.4, -0.2) is 35.6 Å². The smallest absolute Gasteiger partial charge is 0.0572 e. The molecule has 0 saturated carbocycles. The molecule has 2 unspecified atom stereocenters. The molecule has 1 aromatic heterocycles. The molecule has 2 rings (SSSR count). The highest BCUT2D eigenvalue weighted by Crippen LogP contribution is 2.19. The third-order valence-electron chi connectivity index (χ3n) is 3.44. The van der Waals surface area contributed by atoms with Crippen molar-refractivity contribution in [2.45, 2.75) is 32.4 Å². The number of nitrogens with one attached hydrogen (secondary N) is 1. The Kier molecular flexibility index (Phi) is 3.91. The standard InChI is InChI=1S/C13H21N3/c1-3-12-10-16(9-8-14-12)11(2)13-6-4-5-7-15-13/h4-7,11-12,14H,3,8-10H2,1-2H3. The van der Waals surface area contributed by atoms with Crippen LogP contribution in [0.5, 0.6) is 0 Å². The minimum atomic E-state index is 0.428. The summed E-state index contributed by atoms with van der Waals surface area (Å²) in [7, 11) is 0. The average molecular weight is 219 g/mol. The van der Waals surface area contributed by atoms with Gasteiger partial charge in [-0.1, -0.05) is 13.0 Å². The number of nitrogens with zero attached hydrogens (tertiary/aromatic N) is 2. The van der Waals surface area contributed by atoms with Crippen LogP contribution in [0.25, 0.3) is 0 Å². The Labute approximate surface area is 97.9 Å². The van der Waals surface area contributed by atoms with Gasteiger partial charge in [-0.05, 0) is 25.5 Å². The predicted molar refractivity (Wildman–Crippen MR) is 66.3 cm³/mol. The summed E-state index contributed by atoms with van der Waals surface area (Å²) in [4.78, 5) is 6.96. The quantitative estimate of drug-likeness (QED) is 0.840. The van der Waals surface area contributed by atoms with Crippen molar-refractivity contribution in [3.63, 3.8) is 0 Å². The Balaban J connectivity index is 2.01. The van der Waals surface area contributed by atoms with Crippen LogP contribution in [-0.2, 0) is 0 Å². The molecule has 1 fully saturated rings. The Morgan fingerprint density at radius 1 is 1.56 bits per heavy atom. The van der Waals surface area contributed by atoms with Gasteiger partial charge in [-0.3, -0.25) is 9.88 Å². The molecule has 2 heterocycles. The van der Waals surface area contributed by atoms with Crippen molar-refractivity contribution in [1.82, 2.24) is 15.2 Å². The van der Waals surface area contributed by atoms with E-state index in [4.69, 9.17) is 0 Å². The van der Waals surface area contributed by atoms with Crippen LogP contribution in [0.2, 0.25) is 0 Å². The SMILES string of the molecule is CCC1CN(C(C)c2ccccn2)CCN1. The number of aromatic nitrogens is 1. The lowest BCUT2D eigenvalue weighted by Gasteiger charge is -2.37. The predicted octanol–water partition coefficient (Wildman–Crippen LogP) is 1.83. The van der Waals surface area contributed by atoms with Crippen molar-refractivity contribution in [3.8, 4) is 0 Å². The Hall–Kier alpha value is -0.930. The van der Waals surface area contributed by atoms with Gasteiger partial charge in [-0.15, -0.1) is 0 Å². The fourth-order valence-corrected chi connectivity index (χ4v) is 2.29. The van der Waals surface area contributed by atoms with E-state index in [0.717, 1.165) is 19.6 Å². The van der Waals surface area contributed by atoms with E-state index in [-0.39, 0.29) is 0 Å². The summed E-state index contributed by atoms with van der Waals surface area (Å²) in [6, 6.07) is 7.23. The summed E-state index contributed by atoms with van der Waals surface area (Å²) >= 11 is 0. The molecule has 0 bridgehead atoms. The van der Waals surface area contributed by atoms with Gasteiger partial charge < -0.3 is 5.32 Å². The molecule has 2 atom stereocenters. The molecule has 0 aromatic carbocycles. The van der Waals surface area contributed by atoms with Gasteiger partial charge in [0.25, 0.3) is 0 Å².